The van der Waals surface area contributed by atoms with Crippen LogP contribution in [-0.2, 0) is 4.79 Å². The summed E-state index contributed by atoms with van der Waals surface area (Å²) < 4.78 is 7.26. The van der Waals surface area contributed by atoms with Crippen molar-refractivity contribution in [2.45, 2.75) is 32.7 Å². The van der Waals surface area contributed by atoms with Crippen molar-refractivity contribution >= 4 is 28.9 Å². The highest BCUT2D eigenvalue weighted by molar-refractivity contribution is 7.07. The van der Waals surface area contributed by atoms with Crippen LogP contribution >= 0.6 is 11.3 Å². The summed E-state index contributed by atoms with van der Waals surface area (Å²) in [6.45, 7) is 4.09. The lowest BCUT2D eigenvalue weighted by Gasteiger charge is -2.35. The summed E-state index contributed by atoms with van der Waals surface area (Å²) in [5.41, 5.74) is 2.06. The zero-order valence-electron chi connectivity index (χ0n) is 19.5. The Labute approximate surface area is 204 Å². The number of non-ortho nitro benzene ring substituents is 1. The van der Waals surface area contributed by atoms with Gasteiger partial charge in [0.2, 0.25) is 0 Å². The van der Waals surface area contributed by atoms with E-state index in [1.165, 1.54) is 23.5 Å². The number of hydrogen-bond acceptors (Lipinski definition) is 7. The summed E-state index contributed by atoms with van der Waals surface area (Å²) in [6, 6.07) is 12.9. The first-order valence-electron chi connectivity index (χ1n) is 11.1. The number of thiazole rings is 1. The van der Waals surface area contributed by atoms with Gasteiger partial charge >= 0.3 is 0 Å². The third kappa shape index (κ3) is 4.12. The molecule has 0 saturated heterocycles. The summed E-state index contributed by atoms with van der Waals surface area (Å²) >= 11 is 1.22. The lowest BCUT2D eigenvalue weighted by Crippen LogP contribution is -2.42. The Bertz CT molecular complexity index is 1580. The van der Waals surface area contributed by atoms with Crippen LogP contribution in [0, 0.1) is 15.5 Å². The Kier molecular flexibility index (Phi) is 5.52. The highest BCUT2D eigenvalue weighted by atomic mass is 32.1. The average molecular weight is 490 g/mol. The molecule has 0 amide bonds. The number of benzene rings is 2. The number of aromatic nitrogens is 1. The van der Waals surface area contributed by atoms with E-state index in [1.54, 1.807) is 29.9 Å². The number of methoxy groups -OCH3 is 1. The molecule has 0 fully saturated rings. The molecule has 35 heavy (non-hydrogen) atoms. The van der Waals surface area contributed by atoms with E-state index in [1.807, 2.05) is 38.1 Å². The number of nitro benzene ring substituents is 1. The molecule has 0 N–H and O–H groups in total. The van der Waals surface area contributed by atoms with Crippen LogP contribution in [0.3, 0.4) is 0 Å². The second-order valence-corrected chi connectivity index (χ2v) is 10.5. The molecule has 8 nitrogen and oxygen atoms in total. The lowest BCUT2D eigenvalue weighted by molar-refractivity contribution is -0.384. The molecule has 0 bridgehead atoms. The number of carbonyl (C=O) groups excluding carboxylic acids is 1. The zero-order valence-corrected chi connectivity index (χ0v) is 20.3. The SMILES string of the molecule is COc1ccc(C2C3=C(CC(C)(C)CC3=O)N=c3sc(=Cc4cccc([N+](=O)[O-])c4)c(=O)n32)cc1. The number of nitrogens with zero attached hydrogens (tertiary/aromatic N) is 3. The van der Waals surface area contributed by atoms with Gasteiger partial charge in [-0.1, -0.05) is 49.4 Å². The second kappa shape index (κ2) is 8.42. The van der Waals surface area contributed by atoms with Crippen molar-refractivity contribution in [2.75, 3.05) is 7.11 Å². The van der Waals surface area contributed by atoms with Gasteiger partial charge in [-0.15, -0.1) is 0 Å². The molecule has 1 unspecified atom stereocenters. The fourth-order valence-corrected chi connectivity index (χ4v) is 5.75. The number of carbonyl (C=O) groups is 1. The molecule has 9 heteroatoms. The molecule has 0 saturated carbocycles. The van der Waals surface area contributed by atoms with Gasteiger partial charge in [0.25, 0.3) is 11.2 Å². The van der Waals surface area contributed by atoms with Gasteiger partial charge in [0, 0.05) is 24.1 Å². The van der Waals surface area contributed by atoms with Crippen LogP contribution in [0.4, 0.5) is 5.69 Å². The predicted molar refractivity (Wildman–Crippen MR) is 132 cm³/mol. The van der Waals surface area contributed by atoms with Crippen molar-refractivity contribution in [3.05, 3.63) is 101 Å². The van der Waals surface area contributed by atoms with Crippen molar-refractivity contribution in [3.8, 4) is 5.75 Å². The maximum absolute atomic E-state index is 13.6. The van der Waals surface area contributed by atoms with Crippen LogP contribution < -0.4 is 19.6 Å². The lowest BCUT2D eigenvalue weighted by atomic mass is 9.73. The first-order chi connectivity index (χ1) is 16.7. The summed E-state index contributed by atoms with van der Waals surface area (Å²) in [5, 5.41) is 11.2. The Morgan fingerprint density at radius 2 is 1.91 bits per heavy atom. The maximum atomic E-state index is 13.6. The van der Waals surface area contributed by atoms with Crippen molar-refractivity contribution in [2.24, 2.45) is 10.4 Å². The summed E-state index contributed by atoms with van der Waals surface area (Å²) in [4.78, 5) is 43.0. The molecule has 2 heterocycles. The standard InChI is InChI=1S/C26H23N3O5S/c1-26(2)13-19-22(20(30)14-26)23(16-7-9-18(34-3)10-8-16)28-24(31)21(35-25(28)27-19)12-15-5-4-6-17(11-15)29(32)33/h4-12,23H,13-14H2,1-3H3. The van der Waals surface area contributed by atoms with Gasteiger partial charge < -0.3 is 4.74 Å². The van der Waals surface area contributed by atoms with Crippen LogP contribution in [0.2, 0.25) is 0 Å². The topological polar surface area (TPSA) is 104 Å². The highest BCUT2D eigenvalue weighted by Gasteiger charge is 2.40. The van der Waals surface area contributed by atoms with E-state index in [4.69, 9.17) is 9.73 Å². The van der Waals surface area contributed by atoms with Crippen molar-refractivity contribution < 1.29 is 14.5 Å². The fraction of sp³-hybridized carbons (Fsp3) is 0.269. The Morgan fingerprint density at radius 3 is 2.60 bits per heavy atom. The summed E-state index contributed by atoms with van der Waals surface area (Å²) in [5.74, 6) is 0.672. The molecule has 1 aliphatic heterocycles. The molecule has 5 rings (SSSR count). The van der Waals surface area contributed by atoms with Crippen molar-refractivity contribution in [3.63, 3.8) is 0 Å². The molecule has 0 radical (unpaired) electrons. The number of ether oxygens (including phenoxy) is 1. The van der Waals surface area contributed by atoms with Crippen molar-refractivity contribution in [1.82, 2.24) is 4.57 Å². The number of hydrogen-bond donors (Lipinski definition) is 0. The fourth-order valence-electron chi connectivity index (χ4n) is 4.73. The molecule has 1 atom stereocenters. The molecule has 1 aliphatic carbocycles. The Hall–Kier alpha value is -3.85. The minimum Gasteiger partial charge on any atom is -0.497 e. The third-order valence-electron chi connectivity index (χ3n) is 6.31. The largest absolute Gasteiger partial charge is 0.497 e. The second-order valence-electron chi connectivity index (χ2n) is 9.51. The van der Waals surface area contributed by atoms with E-state index in [9.17, 15) is 19.7 Å². The zero-order chi connectivity index (χ0) is 24.9. The monoisotopic (exact) mass is 489 g/mol. The van der Waals surface area contributed by atoms with Crippen LogP contribution in [0.15, 0.2) is 69.6 Å². The smallest absolute Gasteiger partial charge is 0.271 e. The summed E-state index contributed by atoms with van der Waals surface area (Å²) in [7, 11) is 1.58. The summed E-state index contributed by atoms with van der Waals surface area (Å²) in [6.07, 6.45) is 2.66. The predicted octanol–water partition coefficient (Wildman–Crippen LogP) is 3.52. The molecule has 0 spiro atoms. The number of allylic oxidation sites excluding steroid dienone is 2. The van der Waals surface area contributed by atoms with Gasteiger partial charge in [0.15, 0.2) is 10.6 Å². The Balaban J connectivity index is 1.73. The van der Waals surface area contributed by atoms with E-state index >= 15 is 0 Å². The molecule has 2 aromatic carbocycles. The molecule has 1 aromatic heterocycles. The van der Waals surface area contributed by atoms with Crippen molar-refractivity contribution in [1.29, 1.82) is 0 Å². The number of rotatable bonds is 4. The highest BCUT2D eigenvalue weighted by Crippen LogP contribution is 2.43. The Morgan fingerprint density at radius 1 is 1.17 bits per heavy atom. The van der Waals surface area contributed by atoms with Gasteiger partial charge in [-0.05, 0) is 41.2 Å². The molecule has 178 valence electrons. The molecular weight excluding hydrogens is 466 g/mol. The molecule has 3 aromatic rings. The van der Waals surface area contributed by atoms with Gasteiger partial charge in [0.05, 0.1) is 28.3 Å². The van der Waals surface area contributed by atoms with Gasteiger partial charge in [-0.2, -0.15) is 0 Å². The number of fused-ring (bicyclic) bond motifs is 1. The first kappa shape index (κ1) is 22.9. The normalized spacial score (nSPS) is 19.1. The van der Waals surface area contributed by atoms with E-state index in [0.29, 0.717) is 39.1 Å². The van der Waals surface area contributed by atoms with E-state index in [0.717, 1.165) is 11.3 Å². The minimum atomic E-state index is -0.594. The van der Waals surface area contributed by atoms with Crippen LogP contribution in [-0.4, -0.2) is 22.4 Å². The van der Waals surface area contributed by atoms with Crippen LogP contribution in [0.25, 0.3) is 6.08 Å². The number of Topliss-reactive ketones (excluding diaryl/α,β-unsaturated/α-hetero) is 1. The first-order valence-corrected chi connectivity index (χ1v) is 11.9. The van der Waals surface area contributed by atoms with Crippen LogP contribution in [0.1, 0.15) is 43.9 Å². The average Bonchev–Trinajstić information content (AvgIpc) is 3.11. The quantitative estimate of drug-likeness (QED) is 0.412. The molecule has 2 aliphatic rings. The van der Waals surface area contributed by atoms with E-state index in [2.05, 4.69) is 0 Å². The minimum absolute atomic E-state index is 0.00576. The van der Waals surface area contributed by atoms with Gasteiger partial charge in [-0.3, -0.25) is 24.3 Å². The third-order valence-corrected chi connectivity index (χ3v) is 7.29. The number of ketones is 1. The van der Waals surface area contributed by atoms with Crippen LogP contribution in [0.5, 0.6) is 5.75 Å². The number of nitro groups is 1. The van der Waals surface area contributed by atoms with E-state index in [-0.39, 0.29) is 22.4 Å². The van der Waals surface area contributed by atoms with E-state index < -0.39 is 11.0 Å². The van der Waals surface area contributed by atoms with Gasteiger partial charge in [-0.25, -0.2) is 4.99 Å². The molecular formula is C26H23N3O5S. The maximum Gasteiger partial charge on any atom is 0.271 e. The van der Waals surface area contributed by atoms with Gasteiger partial charge in [0.1, 0.15) is 5.75 Å².